The molecule has 1 nitrogen and oxygen atoms in total. The summed E-state index contributed by atoms with van der Waals surface area (Å²) in [6.07, 6.45) is 50.3. The van der Waals surface area contributed by atoms with Crippen molar-refractivity contribution in [2.45, 2.75) is 85.1 Å². The van der Waals surface area contributed by atoms with Crippen molar-refractivity contribution in [3.05, 3.63) is 163 Å². The molecule has 11 rings (SSSR count). The van der Waals surface area contributed by atoms with Gasteiger partial charge in [-0.1, -0.05) is 109 Å². The molecule has 0 N–H and O–H groups in total. The first-order valence-electron chi connectivity index (χ1n) is 19.7. The summed E-state index contributed by atoms with van der Waals surface area (Å²) in [5, 5.41) is 2.63. The van der Waals surface area contributed by atoms with Gasteiger partial charge in [0.25, 0.3) is 0 Å². The van der Waals surface area contributed by atoms with E-state index in [0.29, 0.717) is 40.2 Å². The highest BCUT2D eigenvalue weighted by atomic mass is 32.2. The highest BCUT2D eigenvalue weighted by Crippen LogP contribution is 2.51. The van der Waals surface area contributed by atoms with Crippen LogP contribution >= 0.6 is 34.9 Å². The molecule has 3 heterocycles. The minimum atomic E-state index is 0.323. The van der Waals surface area contributed by atoms with Crippen LogP contribution in [0.2, 0.25) is 0 Å². The summed E-state index contributed by atoms with van der Waals surface area (Å²) in [5.74, 6) is 2.05. The fraction of sp³-hybridized carbons (Fsp3) is 0.333. The second-order valence-corrected chi connectivity index (χ2v) is 19.2. The topological polar surface area (TPSA) is 3.24 Å². The molecule has 1 aromatic heterocycles. The van der Waals surface area contributed by atoms with Crippen LogP contribution in [0.25, 0.3) is 17.3 Å². The molecule has 52 heavy (non-hydrogen) atoms. The van der Waals surface area contributed by atoms with E-state index < -0.39 is 0 Å². The van der Waals surface area contributed by atoms with Gasteiger partial charge in [-0.15, -0.1) is 34.9 Å². The van der Waals surface area contributed by atoms with Gasteiger partial charge in [0.15, 0.2) is 0 Å². The number of thioether (sulfide) groups is 2. The average molecular weight is 732 g/mol. The zero-order valence-corrected chi connectivity index (χ0v) is 32.1. The summed E-state index contributed by atoms with van der Waals surface area (Å²) >= 11 is 6.25. The number of benzene rings is 1. The molecular weight excluding hydrogens is 687 g/mol. The Morgan fingerprint density at radius 2 is 1.69 bits per heavy atom. The third kappa shape index (κ3) is 5.34. The molecule has 0 radical (unpaired) electrons. The Balaban J connectivity index is 0.959. The summed E-state index contributed by atoms with van der Waals surface area (Å²) in [6, 6.07) is 9.33. The van der Waals surface area contributed by atoms with Gasteiger partial charge in [0, 0.05) is 60.2 Å². The van der Waals surface area contributed by atoms with Crippen LogP contribution in [-0.4, -0.2) is 21.4 Å². The first kappa shape index (κ1) is 32.0. The van der Waals surface area contributed by atoms with Crippen LogP contribution in [0.4, 0.5) is 0 Å². The van der Waals surface area contributed by atoms with Gasteiger partial charge < -0.3 is 4.90 Å². The van der Waals surface area contributed by atoms with Crippen molar-refractivity contribution in [1.82, 2.24) is 4.90 Å². The van der Waals surface area contributed by atoms with Crippen molar-refractivity contribution in [2.75, 3.05) is 0 Å². The predicted molar refractivity (Wildman–Crippen MR) is 224 cm³/mol. The third-order valence-electron chi connectivity index (χ3n) is 12.8. The monoisotopic (exact) mass is 731 g/mol. The molecule has 0 saturated carbocycles. The predicted octanol–water partition coefficient (Wildman–Crippen LogP) is 11.1. The molecule has 7 unspecified atom stereocenters. The van der Waals surface area contributed by atoms with Crippen LogP contribution in [0, 0.1) is 17.8 Å². The van der Waals surface area contributed by atoms with Crippen molar-refractivity contribution in [1.29, 1.82) is 0 Å². The van der Waals surface area contributed by atoms with Gasteiger partial charge in [-0.05, 0) is 103 Å². The van der Waals surface area contributed by atoms with Crippen LogP contribution in [0.1, 0.15) is 73.3 Å². The molecule has 0 bridgehead atoms. The molecule has 0 saturated heterocycles. The third-order valence-corrected chi connectivity index (χ3v) is 16.9. The fourth-order valence-electron chi connectivity index (χ4n) is 10.3. The minimum absolute atomic E-state index is 0.323. The summed E-state index contributed by atoms with van der Waals surface area (Å²) in [5.41, 5.74) is 10.9. The Morgan fingerprint density at radius 1 is 0.750 bits per heavy atom. The van der Waals surface area contributed by atoms with E-state index in [9.17, 15) is 0 Å². The Kier molecular flexibility index (Phi) is 8.10. The number of allylic oxidation sites excluding steroid dienone is 14. The molecule has 0 fully saturated rings. The van der Waals surface area contributed by atoms with E-state index in [1.807, 2.05) is 11.8 Å². The van der Waals surface area contributed by atoms with Crippen LogP contribution in [0.3, 0.4) is 0 Å². The second kappa shape index (κ2) is 13.1. The summed E-state index contributed by atoms with van der Waals surface area (Å²) in [6.45, 7) is 0. The van der Waals surface area contributed by atoms with E-state index >= 15 is 0 Å². The molecule has 0 spiro atoms. The number of nitrogens with zero attached hydrogens (tertiary/aromatic N) is 1. The smallest absolute Gasteiger partial charge is 0.0560 e. The number of fused-ring (bicyclic) bond motifs is 8. The molecule has 2 aliphatic heterocycles. The van der Waals surface area contributed by atoms with Gasteiger partial charge in [0.05, 0.1) is 10.6 Å². The van der Waals surface area contributed by atoms with Crippen LogP contribution < -0.4 is 9.75 Å². The van der Waals surface area contributed by atoms with Gasteiger partial charge in [-0.25, -0.2) is 0 Å². The van der Waals surface area contributed by atoms with Crippen molar-refractivity contribution in [3.8, 4) is 0 Å². The van der Waals surface area contributed by atoms with E-state index in [4.69, 9.17) is 0 Å². The van der Waals surface area contributed by atoms with Crippen molar-refractivity contribution < 1.29 is 0 Å². The first-order chi connectivity index (χ1) is 25.8. The van der Waals surface area contributed by atoms with Gasteiger partial charge in [-0.3, -0.25) is 0 Å². The molecule has 1 aromatic carbocycles. The standard InChI is InChI=1S/C48H45NS3/c1-2-10-31(11-3-1)35-14-8-15-39-40-16-9-17-42(48(40)52-47(35)39)49(34-25-27-45-41(29-34)37-13-5-7-19-44(37)50-45)33-23-20-30(21-24-33)32-22-26-38-36-12-4-6-18-43(36)51-46(38)28-32/h2,4-7,10,12-14,16,18-20,22-28,30-31,34,37-38,44,46H,1,3,8-9,11,15,17,21,29H2. The lowest BCUT2D eigenvalue weighted by molar-refractivity contribution is 0.393. The van der Waals surface area contributed by atoms with Crippen LogP contribution in [-0.2, 0) is 6.42 Å². The van der Waals surface area contributed by atoms with Gasteiger partial charge in [0.1, 0.15) is 0 Å². The summed E-state index contributed by atoms with van der Waals surface area (Å²) < 4.78 is 1.55. The fourth-order valence-corrected chi connectivity index (χ4v) is 14.6. The maximum absolute atomic E-state index is 2.82. The van der Waals surface area contributed by atoms with E-state index in [2.05, 4.69) is 149 Å². The van der Waals surface area contributed by atoms with Crippen molar-refractivity contribution >= 4 is 52.2 Å². The SMILES string of the molecule is C1=CC2SC3=C(CC(N(C4=CCC(C5=CC6Sc7ccccc7C6C=C5)C=C4)C4=c5sc6c(c5=CCC4)CCC=C6C4C=CCCC4)C=C3)C2C=C1. The molecule has 4 heteroatoms. The highest BCUT2D eigenvalue weighted by molar-refractivity contribution is 8.04. The number of rotatable bonds is 5. The zero-order valence-electron chi connectivity index (χ0n) is 29.6. The quantitative estimate of drug-likeness (QED) is 0.282. The van der Waals surface area contributed by atoms with Gasteiger partial charge >= 0.3 is 0 Å². The average Bonchev–Trinajstić information content (AvgIpc) is 3.90. The summed E-state index contributed by atoms with van der Waals surface area (Å²) in [4.78, 5) is 7.38. The maximum atomic E-state index is 2.82. The number of thiophene rings is 1. The largest absolute Gasteiger partial charge is 0.337 e. The molecule has 7 aliphatic carbocycles. The second-order valence-electron chi connectivity index (χ2n) is 15.8. The van der Waals surface area contributed by atoms with Gasteiger partial charge in [-0.2, -0.15) is 0 Å². The molecule has 9 aliphatic rings. The van der Waals surface area contributed by atoms with Crippen molar-refractivity contribution in [3.63, 3.8) is 0 Å². The lowest BCUT2D eigenvalue weighted by atomic mass is 9.82. The van der Waals surface area contributed by atoms with Crippen LogP contribution in [0.15, 0.2) is 142 Å². The molecule has 2 aromatic rings. The maximum Gasteiger partial charge on any atom is 0.0560 e. The van der Waals surface area contributed by atoms with Crippen molar-refractivity contribution in [2.24, 2.45) is 17.8 Å². The molecule has 0 amide bonds. The lowest BCUT2D eigenvalue weighted by Gasteiger charge is -2.39. The lowest BCUT2D eigenvalue weighted by Crippen LogP contribution is -2.40. The summed E-state index contributed by atoms with van der Waals surface area (Å²) in [7, 11) is 0. The minimum Gasteiger partial charge on any atom is -0.337 e. The highest BCUT2D eigenvalue weighted by Gasteiger charge is 2.38. The normalized spacial score (nSPS) is 31.9. The Bertz CT molecular complexity index is 2290. The van der Waals surface area contributed by atoms with E-state index in [-0.39, 0.29) is 0 Å². The zero-order chi connectivity index (χ0) is 34.2. The van der Waals surface area contributed by atoms with E-state index in [1.54, 1.807) is 37.0 Å². The number of hydrogen-bond donors (Lipinski definition) is 0. The number of hydrogen-bond acceptors (Lipinski definition) is 4. The molecule has 7 atom stereocenters. The van der Waals surface area contributed by atoms with E-state index in [0.717, 1.165) is 25.7 Å². The Labute approximate surface area is 321 Å². The molecule has 260 valence electrons. The first-order valence-corrected chi connectivity index (χ1v) is 22.3. The van der Waals surface area contributed by atoms with Crippen LogP contribution in [0.5, 0.6) is 0 Å². The Hall–Kier alpha value is -3.44. The Morgan fingerprint density at radius 3 is 2.62 bits per heavy atom. The molecular formula is C48H45NS3. The van der Waals surface area contributed by atoms with Gasteiger partial charge in [0.2, 0.25) is 0 Å². The van der Waals surface area contributed by atoms with E-state index in [1.165, 1.54) is 58.7 Å².